The van der Waals surface area contributed by atoms with Crippen molar-refractivity contribution in [1.29, 1.82) is 0 Å². The number of hydrogen-bond acceptors (Lipinski definition) is 6. The van der Waals surface area contributed by atoms with Gasteiger partial charge in [0, 0.05) is 36.1 Å². The Kier molecular flexibility index (Phi) is 6.24. The van der Waals surface area contributed by atoms with Gasteiger partial charge in [0.05, 0.1) is 10.5 Å². The van der Waals surface area contributed by atoms with Crippen LogP contribution in [-0.2, 0) is 0 Å². The molecule has 0 atom stereocenters. The first-order valence-electron chi connectivity index (χ1n) is 9.24. The molecule has 1 amide bonds. The van der Waals surface area contributed by atoms with Crippen LogP contribution >= 0.6 is 11.3 Å². The van der Waals surface area contributed by atoms with Crippen LogP contribution in [0.1, 0.15) is 61.3 Å². The quantitative estimate of drug-likeness (QED) is 0.642. The van der Waals surface area contributed by atoms with Crippen LogP contribution < -0.4 is 10.6 Å². The van der Waals surface area contributed by atoms with Crippen molar-refractivity contribution >= 4 is 23.1 Å². The predicted molar refractivity (Wildman–Crippen MR) is 105 cm³/mol. The Morgan fingerprint density at radius 3 is 2.68 bits per heavy atom. The Hall–Kier alpha value is -2.13. The maximum atomic E-state index is 13.6. The zero-order chi connectivity index (χ0) is 20.3. The number of rotatable bonds is 7. The highest BCUT2D eigenvalue weighted by Gasteiger charge is 2.22. The number of pyridine rings is 1. The Balaban J connectivity index is 1.78. The number of hydrogen-bond donors (Lipinski definition) is 3. The highest BCUT2D eigenvalue weighted by atomic mass is 32.1. The minimum absolute atomic E-state index is 0.0616. The summed E-state index contributed by atoms with van der Waals surface area (Å²) >= 11 is 1.02. The summed E-state index contributed by atoms with van der Waals surface area (Å²) in [6.07, 6.45) is 4.45. The molecular formula is C19H24F2N4O2S. The lowest BCUT2D eigenvalue weighted by Gasteiger charge is -2.16. The van der Waals surface area contributed by atoms with Gasteiger partial charge in [0.1, 0.15) is 5.82 Å². The molecule has 0 spiro atoms. The van der Waals surface area contributed by atoms with Crippen molar-refractivity contribution in [2.24, 2.45) is 0 Å². The van der Waals surface area contributed by atoms with E-state index in [9.17, 15) is 18.7 Å². The van der Waals surface area contributed by atoms with E-state index in [-0.39, 0.29) is 28.7 Å². The zero-order valence-corrected chi connectivity index (χ0v) is 16.7. The molecule has 1 aliphatic rings. The second kappa shape index (κ2) is 8.48. The third-order valence-corrected chi connectivity index (χ3v) is 5.55. The van der Waals surface area contributed by atoms with Crippen LogP contribution in [0.15, 0.2) is 18.5 Å². The Bertz CT molecular complexity index is 830. The highest BCUT2D eigenvalue weighted by Crippen LogP contribution is 2.35. The van der Waals surface area contributed by atoms with Gasteiger partial charge in [-0.2, -0.15) is 0 Å². The summed E-state index contributed by atoms with van der Waals surface area (Å²) in [5.41, 5.74) is -0.918. The molecule has 2 aromatic heterocycles. The molecular weight excluding hydrogens is 386 g/mol. The van der Waals surface area contributed by atoms with Crippen LogP contribution in [0.4, 0.5) is 14.6 Å². The number of alkyl halides is 2. The molecule has 9 heteroatoms. The van der Waals surface area contributed by atoms with E-state index in [1.165, 1.54) is 18.5 Å². The molecule has 3 rings (SSSR count). The smallest absolute Gasteiger partial charge is 0.280 e. The summed E-state index contributed by atoms with van der Waals surface area (Å²) in [6.45, 7) is 3.21. The first-order chi connectivity index (χ1) is 13.2. The number of nitrogens with zero attached hydrogens (tertiary/aromatic N) is 2. The normalized spacial score (nSPS) is 15.2. The van der Waals surface area contributed by atoms with Gasteiger partial charge in [0.25, 0.3) is 12.3 Å². The summed E-state index contributed by atoms with van der Waals surface area (Å²) in [5, 5.41) is 15.6. The van der Waals surface area contributed by atoms with Crippen molar-refractivity contribution in [2.75, 3.05) is 11.9 Å². The SMILES string of the molecule is CC(C)(O)CNC(=O)c1ncc(-c2cnc(NC3CCCC3)cc2C(F)F)s1. The molecule has 2 heterocycles. The van der Waals surface area contributed by atoms with Gasteiger partial charge in [-0.15, -0.1) is 11.3 Å². The fourth-order valence-electron chi connectivity index (χ4n) is 3.09. The molecule has 0 aliphatic heterocycles. The summed E-state index contributed by atoms with van der Waals surface area (Å²) in [6, 6.07) is 1.66. The van der Waals surface area contributed by atoms with Crippen molar-refractivity contribution in [2.45, 2.75) is 57.6 Å². The van der Waals surface area contributed by atoms with Crippen molar-refractivity contribution in [3.05, 3.63) is 29.0 Å². The topological polar surface area (TPSA) is 87.1 Å². The summed E-state index contributed by atoms with van der Waals surface area (Å²) in [5.74, 6) is -0.0111. The minimum Gasteiger partial charge on any atom is -0.389 e. The number of halogens is 2. The lowest BCUT2D eigenvalue weighted by molar-refractivity contribution is 0.0694. The lowest BCUT2D eigenvalue weighted by Crippen LogP contribution is -2.38. The van der Waals surface area contributed by atoms with Crippen LogP contribution in [0.25, 0.3) is 10.4 Å². The first-order valence-corrected chi connectivity index (χ1v) is 10.1. The molecule has 0 radical (unpaired) electrons. The fraction of sp³-hybridized carbons (Fsp3) is 0.526. The minimum atomic E-state index is -2.67. The predicted octanol–water partition coefficient (Wildman–Crippen LogP) is 4.00. The molecule has 2 aromatic rings. The van der Waals surface area contributed by atoms with Gasteiger partial charge in [-0.3, -0.25) is 4.79 Å². The third-order valence-electron chi connectivity index (χ3n) is 4.53. The maximum Gasteiger partial charge on any atom is 0.280 e. The number of amides is 1. The number of aromatic nitrogens is 2. The average Bonchev–Trinajstić information content (AvgIpc) is 3.31. The number of aliphatic hydroxyl groups is 1. The molecule has 1 aliphatic carbocycles. The fourth-order valence-corrected chi connectivity index (χ4v) is 3.96. The van der Waals surface area contributed by atoms with E-state index < -0.39 is 17.9 Å². The number of carbonyl (C=O) groups excluding carboxylic acids is 1. The van der Waals surface area contributed by atoms with Gasteiger partial charge in [-0.1, -0.05) is 12.8 Å². The van der Waals surface area contributed by atoms with Crippen molar-refractivity contribution in [3.8, 4) is 10.4 Å². The van der Waals surface area contributed by atoms with E-state index in [1.54, 1.807) is 13.8 Å². The first kappa shape index (κ1) is 20.6. The molecule has 28 heavy (non-hydrogen) atoms. The maximum absolute atomic E-state index is 13.6. The molecule has 1 saturated carbocycles. The van der Waals surface area contributed by atoms with Gasteiger partial charge in [-0.25, -0.2) is 18.7 Å². The Morgan fingerprint density at radius 2 is 2.04 bits per heavy atom. The molecule has 0 saturated heterocycles. The molecule has 0 unspecified atom stereocenters. The molecule has 152 valence electrons. The van der Waals surface area contributed by atoms with Gasteiger partial charge in [-0.05, 0) is 32.8 Å². The van der Waals surface area contributed by atoms with E-state index in [0.717, 1.165) is 37.0 Å². The van der Waals surface area contributed by atoms with Crippen LogP contribution in [0.2, 0.25) is 0 Å². The Morgan fingerprint density at radius 1 is 1.32 bits per heavy atom. The van der Waals surface area contributed by atoms with E-state index in [2.05, 4.69) is 20.6 Å². The molecule has 0 aromatic carbocycles. The number of thiazole rings is 1. The second-order valence-corrected chi connectivity index (χ2v) is 8.64. The Labute approximate surface area is 166 Å². The van der Waals surface area contributed by atoms with E-state index in [0.29, 0.717) is 10.7 Å². The van der Waals surface area contributed by atoms with E-state index >= 15 is 0 Å². The van der Waals surface area contributed by atoms with E-state index in [4.69, 9.17) is 0 Å². The van der Waals surface area contributed by atoms with Crippen LogP contribution in [0.5, 0.6) is 0 Å². The molecule has 1 fully saturated rings. The highest BCUT2D eigenvalue weighted by molar-refractivity contribution is 7.17. The average molecular weight is 410 g/mol. The standard InChI is InChI=1S/C19H24F2N4O2S/c1-19(2,27)10-24-17(26)18-23-9-14(28-18)13-8-22-15(7-12(13)16(20)21)25-11-5-3-4-6-11/h7-9,11,16,27H,3-6,10H2,1-2H3,(H,22,25)(H,24,26). The van der Waals surface area contributed by atoms with Crippen LogP contribution in [0.3, 0.4) is 0 Å². The molecule has 6 nitrogen and oxygen atoms in total. The van der Waals surface area contributed by atoms with Crippen LogP contribution in [-0.4, -0.2) is 39.2 Å². The van der Waals surface area contributed by atoms with Crippen molar-refractivity contribution in [1.82, 2.24) is 15.3 Å². The molecule has 0 bridgehead atoms. The van der Waals surface area contributed by atoms with Crippen molar-refractivity contribution < 1.29 is 18.7 Å². The summed E-state index contributed by atoms with van der Waals surface area (Å²) < 4.78 is 27.3. The van der Waals surface area contributed by atoms with Gasteiger partial charge in [0.15, 0.2) is 5.01 Å². The number of carbonyl (C=O) groups is 1. The zero-order valence-electron chi connectivity index (χ0n) is 15.8. The van der Waals surface area contributed by atoms with E-state index in [1.807, 2.05) is 0 Å². The monoisotopic (exact) mass is 410 g/mol. The van der Waals surface area contributed by atoms with Gasteiger partial charge < -0.3 is 15.7 Å². The van der Waals surface area contributed by atoms with Crippen LogP contribution in [0, 0.1) is 0 Å². The third kappa shape index (κ3) is 5.23. The lowest BCUT2D eigenvalue weighted by atomic mass is 10.1. The van der Waals surface area contributed by atoms with Gasteiger partial charge in [0.2, 0.25) is 0 Å². The summed E-state index contributed by atoms with van der Waals surface area (Å²) in [7, 11) is 0. The number of nitrogens with one attached hydrogen (secondary N) is 2. The number of anilines is 1. The van der Waals surface area contributed by atoms with Gasteiger partial charge >= 0.3 is 0 Å². The summed E-state index contributed by atoms with van der Waals surface area (Å²) in [4.78, 5) is 20.9. The van der Waals surface area contributed by atoms with Crippen molar-refractivity contribution in [3.63, 3.8) is 0 Å². The largest absolute Gasteiger partial charge is 0.389 e. The second-order valence-electron chi connectivity index (χ2n) is 7.61. The molecule has 3 N–H and O–H groups in total.